The number of aliphatic hydroxyl groups is 1. The molecule has 0 aliphatic carbocycles. The Morgan fingerprint density at radius 2 is 2.19 bits per heavy atom. The van der Waals surface area contributed by atoms with Crippen molar-refractivity contribution in [3.05, 3.63) is 29.8 Å². The number of esters is 1. The number of anilines is 1. The second-order valence-corrected chi connectivity index (χ2v) is 5.98. The number of aliphatic hydroxyl groups excluding tert-OH is 1. The molecule has 0 amide bonds. The summed E-state index contributed by atoms with van der Waals surface area (Å²) in [7, 11) is -2.27. The molecule has 1 rings (SSSR count). The molecule has 0 spiro atoms. The second kappa shape index (κ2) is 8.29. The lowest BCUT2D eigenvalue weighted by Gasteiger charge is -2.08. The van der Waals surface area contributed by atoms with E-state index in [1.54, 1.807) is 24.3 Å². The third kappa shape index (κ3) is 6.79. The molecular formula is C14H17NO5S. The minimum absolute atomic E-state index is 0.0550. The zero-order chi connectivity index (χ0) is 15.7. The average molecular weight is 311 g/mol. The van der Waals surface area contributed by atoms with Gasteiger partial charge in [-0.1, -0.05) is 17.9 Å². The van der Waals surface area contributed by atoms with Crippen molar-refractivity contribution >= 4 is 21.7 Å². The number of hydrogen-bond acceptors (Lipinski definition) is 5. The molecular weight excluding hydrogens is 294 g/mol. The Kier molecular flexibility index (Phi) is 6.72. The fourth-order valence-corrected chi connectivity index (χ4v) is 2.65. The maximum absolute atomic E-state index is 11.9. The van der Waals surface area contributed by atoms with Gasteiger partial charge in [-0.3, -0.25) is 9.52 Å². The van der Waals surface area contributed by atoms with Crippen molar-refractivity contribution in [2.45, 2.75) is 12.8 Å². The molecule has 0 aliphatic rings. The number of nitrogens with one attached hydrogen (secondary N) is 1. The lowest BCUT2D eigenvalue weighted by molar-refractivity contribution is -0.140. The predicted molar refractivity (Wildman–Crippen MR) is 79.1 cm³/mol. The minimum atomic E-state index is -3.53. The Hall–Kier alpha value is -2.04. The highest BCUT2D eigenvalue weighted by Crippen LogP contribution is 2.12. The highest BCUT2D eigenvalue weighted by molar-refractivity contribution is 7.92. The summed E-state index contributed by atoms with van der Waals surface area (Å²) in [5.74, 6) is 4.56. The van der Waals surface area contributed by atoms with Gasteiger partial charge in [-0.05, 0) is 24.6 Å². The van der Waals surface area contributed by atoms with E-state index in [4.69, 9.17) is 5.11 Å². The summed E-state index contributed by atoms with van der Waals surface area (Å²) < 4.78 is 30.6. The molecule has 2 N–H and O–H groups in total. The van der Waals surface area contributed by atoms with Gasteiger partial charge in [0, 0.05) is 17.7 Å². The lowest BCUT2D eigenvalue weighted by atomic mass is 10.2. The van der Waals surface area contributed by atoms with Gasteiger partial charge < -0.3 is 9.84 Å². The second-order valence-electron chi connectivity index (χ2n) is 4.14. The highest BCUT2D eigenvalue weighted by Gasteiger charge is 2.12. The molecule has 0 fully saturated rings. The maximum atomic E-state index is 11.9. The molecule has 0 aromatic heterocycles. The molecule has 1 aromatic rings. The number of ether oxygens (including phenoxy) is 1. The van der Waals surface area contributed by atoms with E-state index in [-0.39, 0.29) is 25.2 Å². The quantitative estimate of drug-likeness (QED) is 0.597. The summed E-state index contributed by atoms with van der Waals surface area (Å²) in [4.78, 5) is 10.9. The van der Waals surface area contributed by atoms with Crippen molar-refractivity contribution in [1.82, 2.24) is 0 Å². The van der Waals surface area contributed by atoms with Gasteiger partial charge in [-0.15, -0.1) is 0 Å². The van der Waals surface area contributed by atoms with E-state index in [0.29, 0.717) is 11.3 Å². The van der Waals surface area contributed by atoms with E-state index in [1.165, 1.54) is 7.11 Å². The third-order valence-corrected chi connectivity index (χ3v) is 3.84. The first kappa shape index (κ1) is 17.0. The molecule has 0 bridgehead atoms. The van der Waals surface area contributed by atoms with Crippen LogP contribution in [0, 0.1) is 11.8 Å². The van der Waals surface area contributed by atoms with Gasteiger partial charge in [0.25, 0.3) is 0 Å². The first-order chi connectivity index (χ1) is 9.96. The van der Waals surface area contributed by atoms with E-state index in [1.807, 2.05) is 0 Å². The van der Waals surface area contributed by atoms with Crippen molar-refractivity contribution in [2.24, 2.45) is 0 Å². The number of sulfonamides is 1. The fourth-order valence-electron chi connectivity index (χ4n) is 1.54. The number of benzene rings is 1. The van der Waals surface area contributed by atoms with Crippen molar-refractivity contribution in [1.29, 1.82) is 0 Å². The molecule has 0 heterocycles. The van der Waals surface area contributed by atoms with Crippen LogP contribution < -0.4 is 4.72 Å². The summed E-state index contributed by atoms with van der Waals surface area (Å²) in [6.45, 7) is -0.260. The van der Waals surface area contributed by atoms with Gasteiger partial charge in [0.1, 0.15) is 6.61 Å². The Balaban J connectivity index is 2.64. The van der Waals surface area contributed by atoms with Gasteiger partial charge in [-0.2, -0.15) is 0 Å². The first-order valence-corrected chi connectivity index (χ1v) is 7.89. The Labute approximate surface area is 124 Å². The molecule has 21 heavy (non-hydrogen) atoms. The zero-order valence-corrected chi connectivity index (χ0v) is 12.4. The lowest BCUT2D eigenvalue weighted by Crippen LogP contribution is -2.17. The minimum Gasteiger partial charge on any atom is -0.469 e. The number of rotatable bonds is 6. The van der Waals surface area contributed by atoms with Crippen molar-refractivity contribution in [2.75, 3.05) is 24.2 Å². The Morgan fingerprint density at radius 3 is 2.86 bits per heavy atom. The van der Waals surface area contributed by atoms with Crippen molar-refractivity contribution < 1.29 is 23.1 Å². The monoisotopic (exact) mass is 311 g/mol. The van der Waals surface area contributed by atoms with Crippen LogP contribution in [0.1, 0.15) is 18.4 Å². The number of carbonyl (C=O) groups is 1. The summed E-state index contributed by atoms with van der Waals surface area (Å²) in [6.07, 6.45) is 0.242. The van der Waals surface area contributed by atoms with Gasteiger partial charge in [0.2, 0.25) is 10.0 Å². The summed E-state index contributed by atoms with van der Waals surface area (Å²) >= 11 is 0. The van der Waals surface area contributed by atoms with Crippen LogP contribution in [0.15, 0.2) is 24.3 Å². The maximum Gasteiger partial charge on any atom is 0.305 e. The average Bonchev–Trinajstić information content (AvgIpc) is 2.44. The topological polar surface area (TPSA) is 92.7 Å². The van der Waals surface area contributed by atoms with Crippen molar-refractivity contribution in [3.8, 4) is 11.8 Å². The predicted octanol–water partition coefficient (Wildman–Crippen LogP) is 0.725. The van der Waals surface area contributed by atoms with Gasteiger partial charge in [0.15, 0.2) is 0 Å². The molecule has 6 nitrogen and oxygen atoms in total. The molecule has 0 radical (unpaired) electrons. The summed E-state index contributed by atoms with van der Waals surface area (Å²) in [6, 6.07) is 6.54. The van der Waals surface area contributed by atoms with E-state index in [9.17, 15) is 13.2 Å². The van der Waals surface area contributed by atoms with Crippen LogP contribution >= 0.6 is 0 Å². The summed E-state index contributed by atoms with van der Waals surface area (Å²) in [5, 5.41) is 8.62. The summed E-state index contributed by atoms with van der Waals surface area (Å²) in [5.41, 5.74) is 0.983. The third-order valence-electron chi connectivity index (χ3n) is 2.47. The van der Waals surface area contributed by atoms with E-state index < -0.39 is 16.0 Å². The molecule has 0 atom stereocenters. The first-order valence-electron chi connectivity index (χ1n) is 6.24. The van der Waals surface area contributed by atoms with Crippen LogP contribution in [0.4, 0.5) is 5.69 Å². The SMILES string of the molecule is COC(=O)CCCS(=O)(=O)Nc1cccc(C#CCO)c1. The van der Waals surface area contributed by atoms with Crippen molar-refractivity contribution in [3.63, 3.8) is 0 Å². The van der Waals surface area contributed by atoms with Crippen LogP contribution in [0.5, 0.6) is 0 Å². The molecule has 0 unspecified atom stereocenters. The van der Waals surface area contributed by atoms with E-state index >= 15 is 0 Å². The van der Waals surface area contributed by atoms with Crippen LogP contribution in [0.3, 0.4) is 0 Å². The fraction of sp³-hybridized carbons (Fsp3) is 0.357. The molecule has 1 aromatic carbocycles. The van der Waals surface area contributed by atoms with Crippen LogP contribution in [0.2, 0.25) is 0 Å². The normalized spacial score (nSPS) is 10.4. The van der Waals surface area contributed by atoms with Crippen LogP contribution in [-0.2, 0) is 19.6 Å². The molecule has 0 saturated heterocycles. The van der Waals surface area contributed by atoms with Crippen LogP contribution in [0.25, 0.3) is 0 Å². The zero-order valence-electron chi connectivity index (χ0n) is 11.6. The van der Waals surface area contributed by atoms with Crippen LogP contribution in [-0.4, -0.2) is 39.0 Å². The standard InChI is InChI=1S/C14H17NO5S/c1-20-14(17)8-4-10-21(18,19)15-13-7-2-5-12(11-13)6-3-9-16/h2,5,7,11,15-16H,4,8-10H2,1H3. The molecule has 7 heteroatoms. The van der Waals surface area contributed by atoms with E-state index in [0.717, 1.165) is 0 Å². The Bertz CT molecular complexity index is 643. The molecule has 0 saturated carbocycles. The highest BCUT2D eigenvalue weighted by atomic mass is 32.2. The van der Waals surface area contributed by atoms with E-state index in [2.05, 4.69) is 21.3 Å². The van der Waals surface area contributed by atoms with Gasteiger partial charge in [-0.25, -0.2) is 8.42 Å². The number of carbonyl (C=O) groups excluding carboxylic acids is 1. The smallest absolute Gasteiger partial charge is 0.305 e. The largest absolute Gasteiger partial charge is 0.469 e. The molecule has 0 aliphatic heterocycles. The van der Waals surface area contributed by atoms with Gasteiger partial charge >= 0.3 is 5.97 Å². The Morgan fingerprint density at radius 1 is 1.43 bits per heavy atom. The van der Waals surface area contributed by atoms with Gasteiger partial charge in [0.05, 0.1) is 12.9 Å². The number of hydrogen-bond donors (Lipinski definition) is 2. The molecule has 114 valence electrons. The number of methoxy groups -OCH3 is 1.